The Morgan fingerprint density at radius 3 is 1.25 bits per heavy atom. The number of hydrogen-bond acceptors (Lipinski definition) is 4. The molecule has 400 valence electrons. The Hall–Kier alpha value is -10.6. The smallest absolute Gasteiger partial charge is 0.159 e. The highest BCUT2D eigenvalue weighted by molar-refractivity contribution is 6.29. The van der Waals surface area contributed by atoms with Crippen molar-refractivity contribution >= 4 is 116 Å². The largest absolute Gasteiger partial charge is 0.454 e. The minimum atomic E-state index is -0.372. The van der Waals surface area contributed by atoms with Gasteiger partial charge >= 0.3 is 0 Å². The molecule has 0 radical (unpaired) electrons. The van der Waals surface area contributed by atoms with E-state index in [1.54, 1.807) is 0 Å². The number of halogens is 2. The molecule has 0 aliphatic heterocycles. The van der Waals surface area contributed by atoms with Crippen molar-refractivity contribution in [1.29, 1.82) is 0 Å². The van der Waals surface area contributed by atoms with Gasteiger partial charge in [0.1, 0.15) is 11.2 Å². The Morgan fingerprint density at radius 2 is 0.774 bits per heavy atom. The van der Waals surface area contributed by atoms with Gasteiger partial charge in [-0.1, -0.05) is 206 Å². The predicted molar refractivity (Wildman–Crippen MR) is 346 cm³/mol. The van der Waals surface area contributed by atoms with Gasteiger partial charge in [0, 0.05) is 43.4 Å². The Bertz CT molecular complexity index is 5190. The van der Waals surface area contributed by atoms with Gasteiger partial charge in [-0.25, -0.2) is 8.78 Å². The molecule has 6 heteroatoms. The molecule has 4 nitrogen and oxygen atoms in total. The highest BCUT2D eigenvalue weighted by Gasteiger charge is 2.30. The van der Waals surface area contributed by atoms with Gasteiger partial charge < -0.3 is 18.6 Å². The van der Waals surface area contributed by atoms with Gasteiger partial charge in [-0.05, 0) is 141 Å². The van der Waals surface area contributed by atoms with Crippen LogP contribution >= 0.6 is 0 Å². The highest BCUT2D eigenvalue weighted by atomic mass is 19.1. The van der Waals surface area contributed by atoms with Gasteiger partial charge in [0.25, 0.3) is 0 Å². The maximum atomic E-state index is 18.6. The Labute approximate surface area is 484 Å². The number of anilines is 6. The summed E-state index contributed by atoms with van der Waals surface area (Å²) in [5.41, 5.74) is 15.0. The molecule has 0 fully saturated rings. The van der Waals surface area contributed by atoms with E-state index in [9.17, 15) is 0 Å². The molecular weight excluding hydrogens is 1030 g/mol. The fraction of sp³-hybridized carbons (Fsp3) is 0.0513. The summed E-state index contributed by atoms with van der Waals surface area (Å²) >= 11 is 0. The zero-order chi connectivity index (χ0) is 56.2. The van der Waals surface area contributed by atoms with Gasteiger partial charge in [0.2, 0.25) is 0 Å². The molecular formula is C78H52F2N2O2. The first-order valence-electron chi connectivity index (χ1n) is 28.7. The number of hydrogen-bond donors (Lipinski definition) is 0. The summed E-state index contributed by atoms with van der Waals surface area (Å²) < 4.78 is 51.2. The van der Waals surface area contributed by atoms with E-state index in [0.29, 0.717) is 45.0 Å². The third kappa shape index (κ3) is 7.78. The van der Waals surface area contributed by atoms with Crippen LogP contribution in [0.5, 0.6) is 0 Å². The lowest BCUT2D eigenvalue weighted by Crippen LogP contribution is -2.14. The van der Waals surface area contributed by atoms with Crippen LogP contribution in [0.1, 0.15) is 29.5 Å². The number of aryl methyl sites for hydroxylation is 2. The molecule has 2 heterocycles. The number of allylic oxidation sites excluding steroid dienone is 4. The molecule has 16 rings (SSSR count). The van der Waals surface area contributed by atoms with Gasteiger partial charge in [-0.15, -0.1) is 0 Å². The summed E-state index contributed by atoms with van der Waals surface area (Å²) in [6, 6.07) is 79.8. The normalized spacial score (nSPS) is 12.7. The summed E-state index contributed by atoms with van der Waals surface area (Å²) in [5.74, 6) is -0.725. The first kappa shape index (κ1) is 49.3. The summed E-state index contributed by atoms with van der Waals surface area (Å²) in [5, 5.41) is 9.64. The van der Waals surface area contributed by atoms with Crippen molar-refractivity contribution in [3.05, 3.63) is 283 Å². The summed E-state index contributed by atoms with van der Waals surface area (Å²) in [6.45, 7) is 4.12. The number of rotatable bonds is 10. The van der Waals surface area contributed by atoms with Gasteiger partial charge in [0.05, 0.1) is 34.1 Å². The van der Waals surface area contributed by atoms with E-state index in [2.05, 4.69) is 151 Å². The van der Waals surface area contributed by atoms with Crippen LogP contribution in [0, 0.1) is 25.5 Å². The quantitative estimate of drug-likeness (QED) is 0.128. The second kappa shape index (κ2) is 19.6. The maximum absolute atomic E-state index is 18.6. The van der Waals surface area contributed by atoms with E-state index in [4.69, 9.17) is 8.83 Å². The Kier molecular flexibility index (Phi) is 11.5. The van der Waals surface area contributed by atoms with Crippen molar-refractivity contribution in [2.75, 3.05) is 9.80 Å². The average molecular weight is 1090 g/mol. The van der Waals surface area contributed by atoms with E-state index in [1.165, 1.54) is 0 Å². The number of benzene rings is 13. The minimum absolute atomic E-state index is 0.352. The second-order valence-electron chi connectivity index (χ2n) is 22.1. The topological polar surface area (TPSA) is 32.8 Å². The van der Waals surface area contributed by atoms with Crippen molar-refractivity contribution in [3.63, 3.8) is 0 Å². The van der Waals surface area contributed by atoms with E-state index < -0.39 is 0 Å². The molecule has 0 unspecified atom stereocenters. The maximum Gasteiger partial charge on any atom is 0.159 e. The predicted octanol–water partition coefficient (Wildman–Crippen LogP) is 23.0. The molecule has 1 aliphatic rings. The number of furan rings is 2. The first-order chi connectivity index (χ1) is 41.3. The third-order valence-electron chi connectivity index (χ3n) is 17.2. The van der Waals surface area contributed by atoms with Gasteiger partial charge in [0.15, 0.2) is 22.8 Å². The molecule has 2 aromatic heterocycles. The molecule has 84 heavy (non-hydrogen) atoms. The molecule has 0 bridgehead atoms. The van der Waals surface area contributed by atoms with Crippen LogP contribution in [0.4, 0.5) is 42.9 Å². The van der Waals surface area contributed by atoms with Crippen LogP contribution in [0.15, 0.2) is 264 Å². The van der Waals surface area contributed by atoms with Crippen molar-refractivity contribution in [1.82, 2.24) is 0 Å². The zero-order valence-electron chi connectivity index (χ0n) is 46.1. The first-order valence-corrected chi connectivity index (χ1v) is 28.7. The third-order valence-corrected chi connectivity index (χ3v) is 17.2. The summed E-state index contributed by atoms with van der Waals surface area (Å²) in [4.78, 5) is 4.15. The monoisotopic (exact) mass is 1090 g/mol. The Balaban J connectivity index is 0.999. The standard InChI is InChI=1S/C78H52F2N2O2/c1-47-19-15-29-57-59-31-17-33-67(77(59)83-75(47)57)81(69-45-55(49-21-7-3-8-22-49)43-63(73(69)79)51-25-11-5-12-26-51)65-41-37-53-36-40-62-66(42-38-54-35-39-61(65)71(53)72(54)62)82(68-34-18-32-60-58-30-16-20-48(2)76(58)84-78(60)68)70-46-56(50-23-9-4-10-24-50)44-64(74(70)80)52-27-13-6-14-28-52/h3-9,11-23,25-46H,10,24H2,1-2H3. The van der Waals surface area contributed by atoms with Crippen molar-refractivity contribution < 1.29 is 17.6 Å². The molecule has 0 spiro atoms. The molecule has 0 saturated heterocycles. The van der Waals surface area contributed by atoms with Crippen molar-refractivity contribution in [2.24, 2.45) is 0 Å². The van der Waals surface area contributed by atoms with Crippen LogP contribution in [0.2, 0.25) is 0 Å². The molecule has 0 N–H and O–H groups in total. The minimum Gasteiger partial charge on any atom is -0.454 e. The molecule has 15 aromatic rings. The van der Waals surface area contributed by atoms with E-state index in [-0.39, 0.29) is 11.6 Å². The molecule has 0 amide bonds. The molecule has 13 aromatic carbocycles. The van der Waals surface area contributed by atoms with E-state index in [0.717, 1.165) is 134 Å². The highest BCUT2D eigenvalue weighted by Crippen LogP contribution is 2.53. The lowest BCUT2D eigenvalue weighted by atomic mass is 9.90. The number of nitrogens with zero attached hydrogens (tertiary/aromatic N) is 2. The van der Waals surface area contributed by atoms with E-state index >= 15 is 8.78 Å². The second-order valence-corrected chi connectivity index (χ2v) is 22.1. The van der Waals surface area contributed by atoms with Crippen molar-refractivity contribution in [3.8, 4) is 33.4 Å². The van der Waals surface area contributed by atoms with E-state index in [1.807, 2.05) is 127 Å². The Morgan fingerprint density at radius 1 is 0.345 bits per heavy atom. The van der Waals surface area contributed by atoms with Crippen LogP contribution in [-0.2, 0) is 0 Å². The fourth-order valence-electron chi connectivity index (χ4n) is 13.2. The SMILES string of the molecule is Cc1cccc2c1oc1c(N(c3cc(C4=CC=CCC4)cc(-c4ccccc4)c3F)c3ccc4ccc5c(N(c6cc(-c7ccccc7)cc(-c7ccccc7)c6F)c6cccc7c6oc6c(C)cccc67)ccc6ccc3c4c65)cccc12. The van der Waals surface area contributed by atoms with Crippen LogP contribution in [-0.4, -0.2) is 0 Å². The molecule has 0 saturated carbocycles. The zero-order valence-corrected chi connectivity index (χ0v) is 46.1. The lowest BCUT2D eigenvalue weighted by Gasteiger charge is -2.30. The average Bonchev–Trinajstić information content (AvgIpc) is 1.44. The summed E-state index contributed by atoms with van der Waals surface area (Å²) in [6.07, 6.45) is 8.15. The van der Waals surface area contributed by atoms with Crippen molar-refractivity contribution in [2.45, 2.75) is 26.7 Å². The van der Waals surface area contributed by atoms with Gasteiger partial charge in [-0.2, -0.15) is 0 Å². The van der Waals surface area contributed by atoms with Crippen LogP contribution in [0.3, 0.4) is 0 Å². The fourth-order valence-corrected chi connectivity index (χ4v) is 13.2. The molecule has 1 aliphatic carbocycles. The lowest BCUT2D eigenvalue weighted by molar-refractivity contribution is 0.631. The van der Waals surface area contributed by atoms with Gasteiger partial charge in [-0.3, -0.25) is 0 Å². The van der Waals surface area contributed by atoms with Crippen LogP contribution in [0.25, 0.3) is 115 Å². The number of para-hydroxylation sites is 4. The molecule has 0 atom stereocenters. The number of fused-ring (bicyclic) bond motifs is 6. The summed E-state index contributed by atoms with van der Waals surface area (Å²) in [7, 11) is 0. The van der Waals surface area contributed by atoms with Crippen LogP contribution < -0.4 is 9.80 Å².